The Labute approximate surface area is 120 Å². The average Bonchev–Trinajstić information content (AvgIpc) is 3.16. The summed E-state index contributed by atoms with van der Waals surface area (Å²) in [5.74, 6) is 1.98. The molecule has 0 spiro atoms. The van der Waals surface area contributed by atoms with Gasteiger partial charge in [-0.25, -0.2) is 0 Å². The van der Waals surface area contributed by atoms with Crippen LogP contribution in [0.3, 0.4) is 0 Å². The van der Waals surface area contributed by atoms with E-state index in [4.69, 9.17) is 4.42 Å². The van der Waals surface area contributed by atoms with Crippen molar-refractivity contribution in [3.05, 3.63) is 46.6 Å². The van der Waals surface area contributed by atoms with Crippen LogP contribution in [-0.2, 0) is 11.3 Å². The lowest BCUT2D eigenvalue weighted by atomic mass is 10.2. The highest BCUT2D eigenvalue weighted by atomic mass is 79.9. The van der Waals surface area contributed by atoms with Gasteiger partial charge in [0.25, 0.3) is 0 Å². The molecule has 98 valence electrons. The van der Waals surface area contributed by atoms with Crippen LogP contribution in [0.2, 0.25) is 0 Å². The molecular formula is C15H14BrNO2. The average molecular weight is 320 g/mol. The third-order valence-corrected chi connectivity index (χ3v) is 3.70. The SMILES string of the molecule is O=C(NCc1ccc(-c2ccc(Br)cc2)o1)C1CC1. The maximum Gasteiger partial charge on any atom is 0.223 e. The molecule has 1 saturated carbocycles. The molecular weight excluding hydrogens is 306 g/mol. The van der Waals surface area contributed by atoms with Gasteiger partial charge in [0.1, 0.15) is 11.5 Å². The Hall–Kier alpha value is -1.55. The molecule has 0 bridgehead atoms. The van der Waals surface area contributed by atoms with Crippen molar-refractivity contribution in [1.82, 2.24) is 5.32 Å². The molecule has 1 fully saturated rings. The summed E-state index contributed by atoms with van der Waals surface area (Å²) in [6.07, 6.45) is 2.04. The number of hydrogen-bond donors (Lipinski definition) is 1. The van der Waals surface area contributed by atoms with Crippen LogP contribution < -0.4 is 5.32 Å². The summed E-state index contributed by atoms with van der Waals surface area (Å²) in [5.41, 5.74) is 1.03. The fourth-order valence-electron chi connectivity index (χ4n) is 1.91. The molecule has 19 heavy (non-hydrogen) atoms. The number of benzene rings is 1. The highest BCUT2D eigenvalue weighted by Crippen LogP contribution is 2.29. The molecule has 1 aliphatic carbocycles. The van der Waals surface area contributed by atoms with Crippen molar-refractivity contribution in [3.63, 3.8) is 0 Å². The largest absolute Gasteiger partial charge is 0.459 e. The predicted octanol–water partition coefficient (Wildman–Crippen LogP) is 3.74. The number of furan rings is 1. The fraction of sp³-hybridized carbons (Fsp3) is 0.267. The van der Waals surface area contributed by atoms with E-state index in [-0.39, 0.29) is 11.8 Å². The Kier molecular flexibility index (Phi) is 3.42. The maximum atomic E-state index is 11.5. The highest BCUT2D eigenvalue weighted by Gasteiger charge is 2.29. The van der Waals surface area contributed by atoms with E-state index in [1.807, 2.05) is 36.4 Å². The van der Waals surface area contributed by atoms with Gasteiger partial charge >= 0.3 is 0 Å². The van der Waals surface area contributed by atoms with Crippen molar-refractivity contribution in [3.8, 4) is 11.3 Å². The van der Waals surface area contributed by atoms with Crippen LogP contribution in [0.15, 0.2) is 45.3 Å². The Morgan fingerprint density at radius 3 is 2.63 bits per heavy atom. The number of carbonyl (C=O) groups excluding carboxylic acids is 1. The van der Waals surface area contributed by atoms with E-state index in [9.17, 15) is 4.79 Å². The molecule has 2 aromatic rings. The monoisotopic (exact) mass is 319 g/mol. The first-order valence-electron chi connectivity index (χ1n) is 6.35. The molecule has 1 heterocycles. The maximum absolute atomic E-state index is 11.5. The minimum Gasteiger partial charge on any atom is -0.459 e. The number of amides is 1. The first-order valence-corrected chi connectivity index (χ1v) is 7.14. The van der Waals surface area contributed by atoms with Gasteiger partial charge in [0.15, 0.2) is 0 Å². The number of carbonyl (C=O) groups is 1. The van der Waals surface area contributed by atoms with Gasteiger partial charge in [-0.2, -0.15) is 0 Å². The molecule has 1 aromatic carbocycles. The van der Waals surface area contributed by atoms with Crippen LogP contribution >= 0.6 is 15.9 Å². The topological polar surface area (TPSA) is 42.2 Å². The number of nitrogens with one attached hydrogen (secondary N) is 1. The molecule has 4 heteroatoms. The minimum atomic E-state index is 0.140. The van der Waals surface area contributed by atoms with Crippen molar-refractivity contribution in [2.24, 2.45) is 5.92 Å². The van der Waals surface area contributed by atoms with Gasteiger partial charge in [0, 0.05) is 16.0 Å². The van der Waals surface area contributed by atoms with Gasteiger partial charge < -0.3 is 9.73 Å². The molecule has 1 amide bonds. The molecule has 0 radical (unpaired) electrons. The number of rotatable bonds is 4. The summed E-state index contributed by atoms with van der Waals surface area (Å²) in [4.78, 5) is 11.5. The summed E-state index contributed by atoms with van der Waals surface area (Å²) in [5, 5.41) is 2.89. The lowest BCUT2D eigenvalue weighted by molar-refractivity contribution is -0.122. The summed E-state index contributed by atoms with van der Waals surface area (Å²) >= 11 is 3.41. The van der Waals surface area contributed by atoms with Crippen LogP contribution in [0.25, 0.3) is 11.3 Å². The summed E-state index contributed by atoms with van der Waals surface area (Å²) in [6, 6.07) is 11.8. The van der Waals surface area contributed by atoms with E-state index in [0.29, 0.717) is 6.54 Å². The van der Waals surface area contributed by atoms with Crippen LogP contribution in [0.1, 0.15) is 18.6 Å². The molecule has 1 N–H and O–H groups in total. The van der Waals surface area contributed by atoms with E-state index in [1.165, 1.54) is 0 Å². The van der Waals surface area contributed by atoms with E-state index in [1.54, 1.807) is 0 Å². The normalized spacial score (nSPS) is 14.4. The highest BCUT2D eigenvalue weighted by molar-refractivity contribution is 9.10. The van der Waals surface area contributed by atoms with Crippen molar-refractivity contribution < 1.29 is 9.21 Å². The molecule has 1 aliphatic rings. The van der Waals surface area contributed by atoms with Crippen LogP contribution in [-0.4, -0.2) is 5.91 Å². The predicted molar refractivity (Wildman–Crippen MR) is 76.4 cm³/mol. The van der Waals surface area contributed by atoms with E-state index in [0.717, 1.165) is 34.4 Å². The molecule has 0 atom stereocenters. The van der Waals surface area contributed by atoms with Gasteiger partial charge in [-0.1, -0.05) is 28.1 Å². The minimum absolute atomic E-state index is 0.140. The first kappa shape index (κ1) is 12.5. The van der Waals surface area contributed by atoms with Crippen molar-refractivity contribution in [2.75, 3.05) is 0 Å². The van der Waals surface area contributed by atoms with E-state index >= 15 is 0 Å². The van der Waals surface area contributed by atoms with Gasteiger partial charge in [-0.3, -0.25) is 4.79 Å². The Morgan fingerprint density at radius 1 is 1.21 bits per heavy atom. The van der Waals surface area contributed by atoms with Crippen molar-refractivity contribution >= 4 is 21.8 Å². The third kappa shape index (κ3) is 3.07. The summed E-state index contributed by atoms with van der Waals surface area (Å²) in [7, 11) is 0. The van der Waals surface area contributed by atoms with Crippen molar-refractivity contribution in [1.29, 1.82) is 0 Å². The van der Waals surface area contributed by atoms with Gasteiger partial charge in [0.05, 0.1) is 6.54 Å². The Bertz CT molecular complexity index is 584. The van der Waals surface area contributed by atoms with E-state index < -0.39 is 0 Å². The van der Waals surface area contributed by atoms with Crippen molar-refractivity contribution in [2.45, 2.75) is 19.4 Å². The zero-order valence-electron chi connectivity index (χ0n) is 10.4. The third-order valence-electron chi connectivity index (χ3n) is 3.18. The van der Waals surface area contributed by atoms with Gasteiger partial charge in [-0.05, 0) is 37.1 Å². The van der Waals surface area contributed by atoms with Crippen LogP contribution in [0.4, 0.5) is 0 Å². The second kappa shape index (κ2) is 5.21. The summed E-state index contributed by atoms with van der Waals surface area (Å²) < 4.78 is 6.77. The Balaban J connectivity index is 1.65. The zero-order chi connectivity index (χ0) is 13.2. The Morgan fingerprint density at radius 2 is 1.95 bits per heavy atom. The lowest BCUT2D eigenvalue weighted by Crippen LogP contribution is -2.23. The van der Waals surface area contributed by atoms with Crippen LogP contribution in [0.5, 0.6) is 0 Å². The molecule has 0 unspecified atom stereocenters. The lowest BCUT2D eigenvalue weighted by Gasteiger charge is -2.01. The quantitative estimate of drug-likeness (QED) is 0.932. The smallest absolute Gasteiger partial charge is 0.223 e. The second-order valence-corrected chi connectivity index (χ2v) is 5.68. The first-order chi connectivity index (χ1) is 9.22. The van der Waals surface area contributed by atoms with Gasteiger partial charge in [-0.15, -0.1) is 0 Å². The molecule has 3 nitrogen and oxygen atoms in total. The summed E-state index contributed by atoms with van der Waals surface area (Å²) in [6.45, 7) is 0.464. The van der Waals surface area contributed by atoms with E-state index in [2.05, 4.69) is 21.2 Å². The molecule has 0 saturated heterocycles. The number of hydrogen-bond acceptors (Lipinski definition) is 2. The fourth-order valence-corrected chi connectivity index (χ4v) is 2.17. The standard InChI is InChI=1S/C15H14BrNO2/c16-12-5-3-10(4-6-12)14-8-7-13(19-14)9-17-15(18)11-1-2-11/h3-8,11H,1-2,9H2,(H,17,18). The molecule has 3 rings (SSSR count). The molecule has 1 aromatic heterocycles. The van der Waals surface area contributed by atoms with Crippen LogP contribution in [0, 0.1) is 5.92 Å². The number of halogens is 1. The van der Waals surface area contributed by atoms with Gasteiger partial charge in [0.2, 0.25) is 5.91 Å². The molecule has 0 aliphatic heterocycles. The zero-order valence-corrected chi connectivity index (χ0v) is 11.9. The second-order valence-electron chi connectivity index (χ2n) is 4.76.